The van der Waals surface area contributed by atoms with Crippen molar-refractivity contribution < 1.29 is 4.79 Å². The minimum atomic E-state index is -0.663. The number of amides is 1. The molecule has 1 amide bonds. The van der Waals surface area contributed by atoms with E-state index in [0.717, 1.165) is 24.0 Å². The maximum absolute atomic E-state index is 12.3. The monoisotopic (exact) mass is 282 g/mol. The Morgan fingerprint density at radius 3 is 2.90 bits per heavy atom. The molecule has 2 N–H and O–H groups in total. The van der Waals surface area contributed by atoms with Crippen molar-refractivity contribution in [3.8, 4) is 11.8 Å². The first kappa shape index (κ1) is 11.9. The lowest BCUT2D eigenvalue weighted by molar-refractivity contribution is -0.124. The van der Waals surface area contributed by atoms with Crippen molar-refractivity contribution in [1.29, 1.82) is 0 Å². The van der Waals surface area contributed by atoms with Crippen molar-refractivity contribution in [1.82, 2.24) is 10.6 Å². The molecule has 1 unspecified atom stereocenters. The number of carbonyl (C=O) groups excluding carboxylic acids is 1. The summed E-state index contributed by atoms with van der Waals surface area (Å²) in [6.45, 7) is 0. The number of rotatable bonds is 0. The van der Waals surface area contributed by atoms with E-state index < -0.39 is 5.54 Å². The number of benzene rings is 1. The van der Waals surface area contributed by atoms with Crippen molar-refractivity contribution in [2.24, 2.45) is 5.92 Å². The predicted molar refractivity (Wildman–Crippen MR) is 79.9 cm³/mol. The Balaban J connectivity index is 1.76. The molecular weight excluding hydrogens is 268 g/mol. The van der Waals surface area contributed by atoms with E-state index in [-0.39, 0.29) is 5.91 Å². The van der Waals surface area contributed by atoms with E-state index in [1.165, 1.54) is 18.4 Å². The predicted octanol–water partition coefficient (Wildman–Crippen LogP) is 1.59. The minimum absolute atomic E-state index is 0.0337. The van der Waals surface area contributed by atoms with Crippen LogP contribution >= 0.6 is 12.2 Å². The second-order valence-corrected chi connectivity index (χ2v) is 6.14. The molecule has 2 aliphatic carbocycles. The molecule has 0 radical (unpaired) electrons. The third-order valence-electron chi connectivity index (χ3n) is 4.28. The van der Waals surface area contributed by atoms with Gasteiger partial charge in [-0.05, 0) is 61.2 Å². The molecule has 4 heteroatoms. The zero-order valence-electron chi connectivity index (χ0n) is 11.0. The van der Waals surface area contributed by atoms with Crippen LogP contribution in [0.25, 0.3) is 0 Å². The molecule has 0 bridgehead atoms. The molecule has 1 atom stereocenters. The first-order valence-electron chi connectivity index (χ1n) is 6.96. The van der Waals surface area contributed by atoms with Crippen LogP contribution in [-0.2, 0) is 16.8 Å². The molecule has 3 nitrogen and oxygen atoms in total. The number of nitrogens with one attached hydrogen (secondary N) is 2. The highest BCUT2D eigenvalue weighted by atomic mass is 32.1. The molecule has 100 valence electrons. The maximum Gasteiger partial charge on any atom is 0.256 e. The molecule has 1 spiro atoms. The first-order chi connectivity index (χ1) is 9.67. The third-order valence-corrected chi connectivity index (χ3v) is 4.48. The fourth-order valence-electron chi connectivity index (χ4n) is 3.00. The Bertz CT molecular complexity index is 696. The van der Waals surface area contributed by atoms with Crippen LogP contribution in [0.1, 0.15) is 36.0 Å². The van der Waals surface area contributed by atoms with Gasteiger partial charge in [-0.1, -0.05) is 17.9 Å². The van der Waals surface area contributed by atoms with Crippen LogP contribution in [0.3, 0.4) is 0 Å². The van der Waals surface area contributed by atoms with Gasteiger partial charge in [0.05, 0.1) is 0 Å². The normalized spacial score (nSPS) is 26.8. The van der Waals surface area contributed by atoms with Crippen molar-refractivity contribution in [3.63, 3.8) is 0 Å². The van der Waals surface area contributed by atoms with Gasteiger partial charge in [-0.25, -0.2) is 0 Å². The summed E-state index contributed by atoms with van der Waals surface area (Å²) in [6, 6.07) is 6.20. The first-order valence-corrected chi connectivity index (χ1v) is 7.37. The standard InChI is InChI=1S/C16H14N2OS/c19-14-16(18-15(20)17-14)8-7-12-6-5-11(9-13(12)16)4-3-10-1-2-10/h5-6,9-10H,1-2,7-8H2,(H2,17,18,19,20). The second-order valence-electron chi connectivity index (χ2n) is 5.73. The van der Waals surface area contributed by atoms with Crippen molar-refractivity contribution in [3.05, 3.63) is 34.9 Å². The number of carbonyl (C=O) groups is 1. The van der Waals surface area contributed by atoms with Crippen molar-refractivity contribution >= 4 is 23.2 Å². The Morgan fingerprint density at radius 2 is 2.20 bits per heavy atom. The van der Waals surface area contributed by atoms with E-state index in [0.29, 0.717) is 11.0 Å². The molecule has 4 rings (SSSR count). The molecule has 2 fully saturated rings. The summed E-state index contributed by atoms with van der Waals surface area (Å²) in [5.41, 5.74) is 2.58. The molecule has 1 aromatic carbocycles. The van der Waals surface area contributed by atoms with E-state index in [1.54, 1.807) is 0 Å². The molecule has 1 heterocycles. The lowest BCUT2D eigenvalue weighted by Crippen LogP contribution is -2.41. The molecule has 1 saturated carbocycles. The van der Waals surface area contributed by atoms with Gasteiger partial charge in [0.1, 0.15) is 5.54 Å². The fraction of sp³-hybridized carbons (Fsp3) is 0.375. The summed E-state index contributed by atoms with van der Waals surface area (Å²) >= 11 is 5.09. The van der Waals surface area contributed by atoms with Gasteiger partial charge in [0.15, 0.2) is 5.11 Å². The Hall–Kier alpha value is -1.86. The average Bonchev–Trinajstić information content (AvgIpc) is 3.13. The van der Waals surface area contributed by atoms with Gasteiger partial charge in [-0.3, -0.25) is 4.79 Å². The largest absolute Gasteiger partial charge is 0.344 e. The Labute approximate surface area is 123 Å². The van der Waals surface area contributed by atoms with Crippen LogP contribution in [0.5, 0.6) is 0 Å². The Morgan fingerprint density at radius 1 is 1.35 bits per heavy atom. The smallest absolute Gasteiger partial charge is 0.256 e. The average molecular weight is 282 g/mol. The van der Waals surface area contributed by atoms with Gasteiger partial charge in [0, 0.05) is 11.5 Å². The number of aryl methyl sites for hydroxylation is 1. The summed E-state index contributed by atoms with van der Waals surface area (Å²) < 4.78 is 0. The molecule has 1 saturated heterocycles. The molecular formula is C16H14N2OS. The van der Waals surface area contributed by atoms with Crippen LogP contribution in [0.4, 0.5) is 0 Å². The lowest BCUT2D eigenvalue weighted by Gasteiger charge is -2.21. The Kier molecular flexibility index (Phi) is 2.42. The van der Waals surface area contributed by atoms with Gasteiger partial charge in [0.2, 0.25) is 0 Å². The van der Waals surface area contributed by atoms with Crippen LogP contribution in [-0.4, -0.2) is 11.0 Å². The van der Waals surface area contributed by atoms with Gasteiger partial charge in [-0.2, -0.15) is 0 Å². The van der Waals surface area contributed by atoms with Crippen molar-refractivity contribution in [2.45, 2.75) is 31.2 Å². The maximum atomic E-state index is 12.3. The van der Waals surface area contributed by atoms with Crippen LogP contribution < -0.4 is 10.6 Å². The van der Waals surface area contributed by atoms with Crippen LogP contribution in [0.15, 0.2) is 18.2 Å². The number of fused-ring (bicyclic) bond motifs is 2. The summed E-state index contributed by atoms with van der Waals surface area (Å²) in [7, 11) is 0. The van der Waals surface area contributed by atoms with E-state index in [4.69, 9.17) is 12.2 Å². The van der Waals surface area contributed by atoms with E-state index in [9.17, 15) is 4.79 Å². The van der Waals surface area contributed by atoms with Gasteiger partial charge >= 0.3 is 0 Å². The van der Waals surface area contributed by atoms with Crippen LogP contribution in [0.2, 0.25) is 0 Å². The molecule has 3 aliphatic rings. The molecule has 0 aromatic heterocycles. The second kappa shape index (κ2) is 4.07. The lowest BCUT2D eigenvalue weighted by atomic mass is 9.91. The van der Waals surface area contributed by atoms with E-state index >= 15 is 0 Å². The summed E-state index contributed by atoms with van der Waals surface area (Å²) in [5.74, 6) is 7.04. The summed E-state index contributed by atoms with van der Waals surface area (Å²) in [6.07, 6.45) is 4.10. The van der Waals surface area contributed by atoms with E-state index in [2.05, 4.69) is 40.7 Å². The fourth-order valence-corrected chi connectivity index (χ4v) is 3.26. The van der Waals surface area contributed by atoms with Crippen molar-refractivity contribution in [2.75, 3.05) is 0 Å². The number of hydrogen-bond acceptors (Lipinski definition) is 2. The molecule has 1 aromatic rings. The number of hydrogen-bond donors (Lipinski definition) is 2. The topological polar surface area (TPSA) is 41.1 Å². The molecule has 1 aliphatic heterocycles. The quantitative estimate of drug-likeness (QED) is 0.561. The zero-order chi connectivity index (χ0) is 13.7. The van der Waals surface area contributed by atoms with Gasteiger partial charge < -0.3 is 10.6 Å². The number of thiocarbonyl (C=S) groups is 1. The van der Waals surface area contributed by atoms with Crippen LogP contribution in [0, 0.1) is 17.8 Å². The highest BCUT2D eigenvalue weighted by molar-refractivity contribution is 7.80. The van der Waals surface area contributed by atoms with Gasteiger partial charge in [0.25, 0.3) is 5.91 Å². The zero-order valence-corrected chi connectivity index (χ0v) is 11.8. The molecule has 20 heavy (non-hydrogen) atoms. The summed E-state index contributed by atoms with van der Waals surface area (Å²) in [4.78, 5) is 12.3. The minimum Gasteiger partial charge on any atom is -0.344 e. The highest BCUT2D eigenvalue weighted by Gasteiger charge is 2.50. The van der Waals surface area contributed by atoms with E-state index in [1.807, 2.05) is 0 Å². The van der Waals surface area contributed by atoms with Gasteiger partial charge in [-0.15, -0.1) is 0 Å². The summed E-state index contributed by atoms with van der Waals surface area (Å²) in [5, 5.41) is 6.31. The SMILES string of the molecule is O=C1NC(=S)NC12CCc1ccc(C#CC3CC3)cc12. The third kappa shape index (κ3) is 1.74. The highest BCUT2D eigenvalue weighted by Crippen LogP contribution is 2.39.